The van der Waals surface area contributed by atoms with Crippen LogP contribution in [-0.4, -0.2) is 17.9 Å². The molecule has 1 atom stereocenters. The van der Waals surface area contributed by atoms with Gasteiger partial charge in [0.1, 0.15) is 6.04 Å². The van der Waals surface area contributed by atoms with E-state index >= 15 is 0 Å². The highest BCUT2D eigenvalue weighted by atomic mass is 127. The molecule has 7 heteroatoms. The minimum atomic E-state index is -0.615. The Morgan fingerprint density at radius 1 is 1.29 bits per heavy atom. The number of thiophene rings is 1. The van der Waals surface area contributed by atoms with Gasteiger partial charge in [0.15, 0.2) is 0 Å². The molecule has 2 amide bonds. The summed E-state index contributed by atoms with van der Waals surface area (Å²) in [4.78, 5) is 24.6. The van der Waals surface area contributed by atoms with Crippen LogP contribution >= 0.6 is 49.9 Å². The summed E-state index contributed by atoms with van der Waals surface area (Å²) in [5, 5.41) is 5.46. The summed E-state index contributed by atoms with van der Waals surface area (Å²) in [6, 6.07) is 10.4. The minimum absolute atomic E-state index is 0.249. The molecule has 0 spiro atoms. The van der Waals surface area contributed by atoms with Gasteiger partial charge in [-0.05, 0) is 75.8 Å². The van der Waals surface area contributed by atoms with Crippen molar-refractivity contribution in [2.45, 2.75) is 13.0 Å². The maximum absolute atomic E-state index is 12.1. The number of rotatable bonds is 4. The molecule has 1 unspecified atom stereocenters. The van der Waals surface area contributed by atoms with Crippen LogP contribution in [0.15, 0.2) is 40.2 Å². The fourth-order valence-corrected chi connectivity index (χ4v) is 3.42. The van der Waals surface area contributed by atoms with Crippen LogP contribution in [0.1, 0.15) is 16.6 Å². The molecule has 1 aromatic carbocycles. The van der Waals surface area contributed by atoms with Gasteiger partial charge in [-0.15, -0.1) is 11.3 Å². The van der Waals surface area contributed by atoms with E-state index in [1.807, 2.05) is 24.3 Å². The van der Waals surface area contributed by atoms with Crippen LogP contribution in [0.4, 0.5) is 5.69 Å². The van der Waals surface area contributed by atoms with Gasteiger partial charge in [0.05, 0.1) is 8.66 Å². The molecular weight excluding hydrogens is 467 g/mol. The minimum Gasteiger partial charge on any atom is -0.340 e. The standard InChI is InChI=1S/C14H12BrIN2O2S/c1-8(17-14(20)11-5-6-12(15)21-11)13(19)18-10-4-2-3-9(16)7-10/h2-8H,1H3,(H,17,20)(H,18,19). The average Bonchev–Trinajstić information content (AvgIpc) is 2.85. The second-order valence-corrected chi connectivity index (χ2v) is 8.01. The third kappa shape index (κ3) is 4.79. The number of anilines is 1. The molecule has 0 fully saturated rings. The highest BCUT2D eigenvalue weighted by Gasteiger charge is 2.17. The molecule has 21 heavy (non-hydrogen) atoms. The van der Waals surface area contributed by atoms with Gasteiger partial charge in [-0.2, -0.15) is 0 Å². The lowest BCUT2D eigenvalue weighted by Crippen LogP contribution is -2.41. The van der Waals surface area contributed by atoms with Gasteiger partial charge < -0.3 is 10.6 Å². The number of benzene rings is 1. The Morgan fingerprint density at radius 2 is 2.05 bits per heavy atom. The molecule has 0 radical (unpaired) electrons. The summed E-state index contributed by atoms with van der Waals surface area (Å²) in [5.74, 6) is -0.503. The third-order valence-corrected chi connectivity index (χ3v) is 4.92. The van der Waals surface area contributed by atoms with Crippen molar-refractivity contribution in [3.63, 3.8) is 0 Å². The molecule has 4 nitrogen and oxygen atoms in total. The smallest absolute Gasteiger partial charge is 0.262 e. The first kappa shape index (κ1) is 16.4. The number of carbonyl (C=O) groups excluding carboxylic acids is 2. The Balaban J connectivity index is 1.95. The summed E-state index contributed by atoms with van der Waals surface area (Å²) in [5.41, 5.74) is 0.715. The van der Waals surface area contributed by atoms with Crippen molar-refractivity contribution in [2.24, 2.45) is 0 Å². The lowest BCUT2D eigenvalue weighted by atomic mass is 10.2. The number of hydrogen-bond donors (Lipinski definition) is 2. The van der Waals surface area contributed by atoms with E-state index in [1.165, 1.54) is 11.3 Å². The molecule has 0 bridgehead atoms. The SMILES string of the molecule is CC(NC(=O)c1ccc(Br)s1)C(=O)Nc1cccc(I)c1. The molecule has 0 aliphatic heterocycles. The molecule has 2 N–H and O–H groups in total. The normalized spacial score (nSPS) is 11.8. The molecule has 2 aromatic rings. The second kappa shape index (κ2) is 7.37. The molecule has 0 saturated heterocycles. The highest BCUT2D eigenvalue weighted by Crippen LogP contribution is 2.22. The van der Waals surface area contributed by atoms with Crippen LogP contribution in [0, 0.1) is 3.57 Å². The maximum atomic E-state index is 12.1. The first-order valence-corrected chi connectivity index (χ1v) is 8.77. The number of nitrogens with one attached hydrogen (secondary N) is 2. The molecular formula is C14H12BrIN2O2S. The van der Waals surface area contributed by atoms with E-state index in [0.29, 0.717) is 10.6 Å². The van der Waals surface area contributed by atoms with Gasteiger partial charge in [-0.3, -0.25) is 9.59 Å². The number of carbonyl (C=O) groups is 2. The lowest BCUT2D eigenvalue weighted by Gasteiger charge is -2.13. The summed E-state index contributed by atoms with van der Waals surface area (Å²) in [6.07, 6.45) is 0. The van der Waals surface area contributed by atoms with Gasteiger partial charge in [0.2, 0.25) is 5.91 Å². The van der Waals surface area contributed by atoms with E-state index in [9.17, 15) is 9.59 Å². The third-order valence-electron chi connectivity index (χ3n) is 2.63. The highest BCUT2D eigenvalue weighted by molar-refractivity contribution is 14.1. The summed E-state index contributed by atoms with van der Waals surface area (Å²) in [7, 11) is 0. The Morgan fingerprint density at radius 3 is 2.67 bits per heavy atom. The zero-order valence-electron chi connectivity index (χ0n) is 11.0. The summed E-state index contributed by atoms with van der Waals surface area (Å²) >= 11 is 6.81. The van der Waals surface area contributed by atoms with Crippen molar-refractivity contribution in [1.82, 2.24) is 5.32 Å². The monoisotopic (exact) mass is 478 g/mol. The van der Waals surface area contributed by atoms with Gasteiger partial charge in [-0.1, -0.05) is 6.07 Å². The van der Waals surface area contributed by atoms with E-state index in [-0.39, 0.29) is 11.8 Å². The molecule has 0 saturated carbocycles. The molecule has 0 aliphatic rings. The Hall–Kier alpha value is -0.930. The molecule has 1 heterocycles. The Kier molecular flexibility index (Phi) is 5.77. The van der Waals surface area contributed by atoms with E-state index in [0.717, 1.165) is 7.36 Å². The molecule has 2 rings (SSSR count). The van der Waals surface area contributed by atoms with E-state index in [4.69, 9.17) is 0 Å². The predicted molar refractivity (Wildman–Crippen MR) is 96.7 cm³/mol. The van der Waals surface area contributed by atoms with Crippen LogP contribution in [0.3, 0.4) is 0 Å². The van der Waals surface area contributed by atoms with Crippen molar-refractivity contribution >= 4 is 67.4 Å². The quantitative estimate of drug-likeness (QED) is 0.655. The lowest BCUT2D eigenvalue weighted by molar-refractivity contribution is -0.117. The maximum Gasteiger partial charge on any atom is 0.262 e. The zero-order chi connectivity index (χ0) is 15.4. The van der Waals surface area contributed by atoms with E-state index < -0.39 is 6.04 Å². The topological polar surface area (TPSA) is 58.2 Å². The van der Waals surface area contributed by atoms with Crippen molar-refractivity contribution in [3.8, 4) is 0 Å². The van der Waals surface area contributed by atoms with Gasteiger partial charge in [0, 0.05) is 9.26 Å². The van der Waals surface area contributed by atoms with E-state index in [1.54, 1.807) is 19.1 Å². The summed E-state index contributed by atoms with van der Waals surface area (Å²) in [6.45, 7) is 1.66. The van der Waals surface area contributed by atoms with Crippen LogP contribution < -0.4 is 10.6 Å². The van der Waals surface area contributed by atoms with Crippen molar-refractivity contribution in [1.29, 1.82) is 0 Å². The van der Waals surface area contributed by atoms with Gasteiger partial charge in [-0.25, -0.2) is 0 Å². The van der Waals surface area contributed by atoms with Crippen LogP contribution in [0.25, 0.3) is 0 Å². The largest absolute Gasteiger partial charge is 0.340 e. The predicted octanol–water partition coefficient (Wildman–Crippen LogP) is 3.87. The fourth-order valence-electron chi connectivity index (χ4n) is 1.59. The van der Waals surface area contributed by atoms with Crippen molar-refractivity contribution in [2.75, 3.05) is 5.32 Å². The number of halogens is 2. The van der Waals surface area contributed by atoms with Crippen molar-refractivity contribution < 1.29 is 9.59 Å². The zero-order valence-corrected chi connectivity index (χ0v) is 15.6. The van der Waals surface area contributed by atoms with Crippen LogP contribution in [0.2, 0.25) is 0 Å². The average molecular weight is 479 g/mol. The second-order valence-electron chi connectivity index (χ2n) is 4.30. The Labute approximate surface area is 148 Å². The first-order chi connectivity index (χ1) is 9.95. The molecule has 1 aromatic heterocycles. The Bertz CT molecular complexity index is 674. The van der Waals surface area contributed by atoms with Gasteiger partial charge >= 0.3 is 0 Å². The first-order valence-electron chi connectivity index (χ1n) is 6.08. The fraction of sp³-hybridized carbons (Fsp3) is 0.143. The summed E-state index contributed by atoms with van der Waals surface area (Å²) < 4.78 is 1.91. The molecule has 110 valence electrons. The van der Waals surface area contributed by atoms with Crippen LogP contribution in [0.5, 0.6) is 0 Å². The van der Waals surface area contributed by atoms with E-state index in [2.05, 4.69) is 49.2 Å². The van der Waals surface area contributed by atoms with Crippen molar-refractivity contribution in [3.05, 3.63) is 48.6 Å². The number of amides is 2. The van der Waals surface area contributed by atoms with Crippen LogP contribution in [-0.2, 0) is 4.79 Å². The number of hydrogen-bond acceptors (Lipinski definition) is 3. The van der Waals surface area contributed by atoms with Gasteiger partial charge in [0.25, 0.3) is 5.91 Å². The molecule has 0 aliphatic carbocycles.